The Morgan fingerprint density at radius 2 is 1.34 bits per heavy atom. The lowest BCUT2D eigenvalue weighted by molar-refractivity contribution is -0.384. The highest BCUT2D eigenvalue weighted by Crippen LogP contribution is 2.42. The summed E-state index contributed by atoms with van der Waals surface area (Å²) < 4.78 is 2.40. The number of non-ortho nitro benzene ring substituents is 1. The van der Waals surface area contributed by atoms with Crippen LogP contribution in [0.3, 0.4) is 0 Å². The van der Waals surface area contributed by atoms with Crippen molar-refractivity contribution in [3.8, 4) is 33.9 Å². The van der Waals surface area contributed by atoms with E-state index in [-0.39, 0.29) is 10.6 Å². The molecule has 1 aromatic heterocycles. The normalized spacial score (nSPS) is 14.4. The predicted molar refractivity (Wildman–Crippen MR) is 127 cm³/mol. The van der Waals surface area contributed by atoms with E-state index in [0.29, 0.717) is 6.04 Å². The fourth-order valence-corrected chi connectivity index (χ4v) is 4.73. The summed E-state index contributed by atoms with van der Waals surface area (Å²) in [4.78, 5) is 16.0. The Balaban J connectivity index is 1.77. The molecule has 160 valence electrons. The molecule has 5 nitrogen and oxygen atoms in total. The first kappa shape index (κ1) is 20.2. The molecule has 0 radical (unpaired) electrons. The van der Waals surface area contributed by atoms with Gasteiger partial charge in [0.2, 0.25) is 0 Å². The first-order chi connectivity index (χ1) is 15.7. The number of hydrogen-bond donors (Lipinski definition) is 0. The van der Waals surface area contributed by atoms with Gasteiger partial charge in [-0.25, -0.2) is 4.98 Å². The minimum Gasteiger partial charge on any atom is -0.320 e. The van der Waals surface area contributed by atoms with Gasteiger partial charge >= 0.3 is 0 Å². The van der Waals surface area contributed by atoms with Crippen LogP contribution in [0.25, 0.3) is 33.9 Å². The lowest BCUT2D eigenvalue weighted by Crippen LogP contribution is -2.15. The second-order valence-corrected chi connectivity index (χ2v) is 8.33. The van der Waals surface area contributed by atoms with Crippen LogP contribution >= 0.6 is 0 Å². The van der Waals surface area contributed by atoms with Gasteiger partial charge in [0, 0.05) is 34.9 Å². The number of nitrogens with zero attached hydrogens (tertiary/aromatic N) is 3. The smallest absolute Gasteiger partial charge is 0.269 e. The Bertz CT molecular complexity index is 1210. The molecule has 0 bridgehead atoms. The Hall–Kier alpha value is -3.73. The number of nitro groups is 1. The highest BCUT2D eigenvalue weighted by Gasteiger charge is 2.27. The summed E-state index contributed by atoms with van der Waals surface area (Å²) in [5.74, 6) is 0.879. The van der Waals surface area contributed by atoms with Crippen molar-refractivity contribution >= 4 is 5.69 Å². The first-order valence-electron chi connectivity index (χ1n) is 11.2. The Labute approximate surface area is 187 Å². The third kappa shape index (κ3) is 3.82. The van der Waals surface area contributed by atoms with Gasteiger partial charge in [0.25, 0.3) is 5.69 Å². The number of aromatic nitrogens is 2. The van der Waals surface area contributed by atoms with Crippen LogP contribution in [0.4, 0.5) is 5.69 Å². The zero-order valence-electron chi connectivity index (χ0n) is 17.9. The monoisotopic (exact) mass is 423 g/mol. The maximum absolute atomic E-state index is 11.2. The van der Waals surface area contributed by atoms with Crippen LogP contribution in [0.2, 0.25) is 0 Å². The van der Waals surface area contributed by atoms with Crippen LogP contribution in [0, 0.1) is 10.1 Å². The van der Waals surface area contributed by atoms with Crippen LogP contribution in [-0.2, 0) is 0 Å². The largest absolute Gasteiger partial charge is 0.320 e. The molecule has 0 spiro atoms. The molecule has 0 N–H and O–H groups in total. The fraction of sp³-hybridized carbons (Fsp3) is 0.222. The fourth-order valence-electron chi connectivity index (χ4n) is 4.73. The van der Waals surface area contributed by atoms with Crippen molar-refractivity contribution in [1.82, 2.24) is 9.55 Å². The highest BCUT2D eigenvalue weighted by molar-refractivity contribution is 5.82. The molecule has 0 amide bonds. The Morgan fingerprint density at radius 1 is 0.750 bits per heavy atom. The third-order valence-corrected chi connectivity index (χ3v) is 6.28. The highest BCUT2D eigenvalue weighted by atomic mass is 16.6. The zero-order valence-corrected chi connectivity index (χ0v) is 17.9. The summed E-state index contributed by atoms with van der Waals surface area (Å²) in [6.45, 7) is 0. The molecule has 0 atom stereocenters. The summed E-state index contributed by atoms with van der Waals surface area (Å²) in [6, 6.07) is 27.9. The molecule has 1 aliphatic rings. The van der Waals surface area contributed by atoms with E-state index in [2.05, 4.69) is 41.0 Å². The van der Waals surface area contributed by atoms with Crippen LogP contribution in [0.15, 0.2) is 84.9 Å². The number of hydrogen-bond acceptors (Lipinski definition) is 3. The molecule has 3 aromatic carbocycles. The molecular formula is C27H25N3O2. The molecule has 0 aliphatic heterocycles. The van der Waals surface area contributed by atoms with Crippen molar-refractivity contribution in [2.24, 2.45) is 0 Å². The summed E-state index contributed by atoms with van der Waals surface area (Å²) >= 11 is 0. The van der Waals surface area contributed by atoms with E-state index in [1.54, 1.807) is 12.1 Å². The van der Waals surface area contributed by atoms with Gasteiger partial charge in [-0.3, -0.25) is 10.1 Å². The molecule has 5 rings (SSSR count). The van der Waals surface area contributed by atoms with Gasteiger partial charge in [0.15, 0.2) is 0 Å². The summed E-state index contributed by atoms with van der Waals surface area (Å²) in [7, 11) is 0. The molecule has 4 aromatic rings. The molecule has 5 heteroatoms. The van der Waals surface area contributed by atoms with Gasteiger partial charge in [-0.05, 0) is 25.0 Å². The SMILES string of the molecule is O=[N+]([O-])c1ccc(-c2nc(-c3ccccc3)c(-c3ccccc3)n2C2CCCCC2)cc1. The first-order valence-corrected chi connectivity index (χ1v) is 11.2. The number of benzene rings is 3. The van der Waals surface area contributed by atoms with Gasteiger partial charge < -0.3 is 4.57 Å². The molecular weight excluding hydrogens is 398 g/mol. The average molecular weight is 424 g/mol. The second-order valence-electron chi connectivity index (χ2n) is 8.33. The van der Waals surface area contributed by atoms with Gasteiger partial charge in [-0.15, -0.1) is 0 Å². The number of imidazole rings is 1. The van der Waals surface area contributed by atoms with Gasteiger partial charge in [0.1, 0.15) is 5.82 Å². The molecule has 1 aliphatic carbocycles. The summed E-state index contributed by atoms with van der Waals surface area (Å²) in [5.41, 5.74) is 5.28. The van der Waals surface area contributed by atoms with Crippen molar-refractivity contribution in [3.05, 3.63) is 95.0 Å². The van der Waals surface area contributed by atoms with Crippen LogP contribution in [0.1, 0.15) is 38.1 Å². The van der Waals surface area contributed by atoms with E-state index in [1.807, 2.05) is 36.4 Å². The average Bonchev–Trinajstić information content (AvgIpc) is 3.26. The van der Waals surface area contributed by atoms with E-state index in [9.17, 15) is 10.1 Å². The minimum atomic E-state index is -0.359. The van der Waals surface area contributed by atoms with Gasteiger partial charge in [-0.2, -0.15) is 0 Å². The van der Waals surface area contributed by atoms with Crippen LogP contribution < -0.4 is 0 Å². The number of nitro benzene ring substituents is 1. The maximum Gasteiger partial charge on any atom is 0.269 e. The Kier molecular flexibility index (Phi) is 5.55. The lowest BCUT2D eigenvalue weighted by atomic mass is 9.94. The van der Waals surface area contributed by atoms with E-state index < -0.39 is 0 Å². The molecule has 1 heterocycles. The minimum absolute atomic E-state index is 0.0936. The van der Waals surface area contributed by atoms with E-state index in [1.165, 1.54) is 19.3 Å². The molecule has 0 unspecified atom stereocenters. The van der Waals surface area contributed by atoms with Crippen molar-refractivity contribution in [2.45, 2.75) is 38.1 Å². The quantitative estimate of drug-likeness (QED) is 0.250. The molecule has 1 fully saturated rings. The van der Waals surface area contributed by atoms with Crippen molar-refractivity contribution in [2.75, 3.05) is 0 Å². The summed E-state index contributed by atoms with van der Waals surface area (Å²) in [6.07, 6.45) is 5.91. The summed E-state index contributed by atoms with van der Waals surface area (Å²) in [5, 5.41) is 11.2. The lowest BCUT2D eigenvalue weighted by Gasteiger charge is -2.27. The van der Waals surface area contributed by atoms with Crippen LogP contribution in [-0.4, -0.2) is 14.5 Å². The van der Waals surface area contributed by atoms with E-state index in [0.717, 1.165) is 46.7 Å². The van der Waals surface area contributed by atoms with Crippen molar-refractivity contribution in [3.63, 3.8) is 0 Å². The van der Waals surface area contributed by atoms with Crippen LogP contribution in [0.5, 0.6) is 0 Å². The topological polar surface area (TPSA) is 61.0 Å². The molecule has 0 saturated heterocycles. The van der Waals surface area contributed by atoms with E-state index >= 15 is 0 Å². The zero-order chi connectivity index (χ0) is 21.9. The van der Waals surface area contributed by atoms with Crippen molar-refractivity contribution in [1.29, 1.82) is 0 Å². The molecule has 32 heavy (non-hydrogen) atoms. The predicted octanol–water partition coefficient (Wildman–Crippen LogP) is 7.30. The Morgan fingerprint density at radius 3 is 1.94 bits per heavy atom. The molecule has 1 saturated carbocycles. The maximum atomic E-state index is 11.2. The number of rotatable bonds is 5. The third-order valence-electron chi connectivity index (χ3n) is 6.28. The standard InChI is InChI=1S/C27H25N3O2/c31-30(32)24-18-16-22(17-19-24)27-28-25(20-10-4-1-5-11-20)26(21-12-6-2-7-13-21)29(27)23-14-8-3-9-15-23/h1-2,4-7,10-13,16-19,23H,3,8-9,14-15H2. The van der Waals surface area contributed by atoms with E-state index in [4.69, 9.17) is 4.98 Å². The van der Waals surface area contributed by atoms with Gasteiger partial charge in [-0.1, -0.05) is 79.9 Å². The van der Waals surface area contributed by atoms with Gasteiger partial charge in [0.05, 0.1) is 16.3 Å². The van der Waals surface area contributed by atoms with Crippen molar-refractivity contribution < 1.29 is 4.92 Å². The second kappa shape index (κ2) is 8.79.